The standard InChI is InChI=1S/C26H30N8O3/c1-15-13-37-14-16(2)34(15)12-24(35)30-21-7-22(17(3)27-10-21)32-26(36)19-5-18-6-23(31-25(18)28-8-19)20-9-29-33(4)11-20/h5-11,15-16H,12-14H2,1-4H3,(H,28,31)(H,30,35)(H,32,36)/t15-,16-/m1/s1. The van der Waals surface area contributed by atoms with E-state index in [2.05, 4.69) is 35.6 Å². The highest BCUT2D eigenvalue weighted by Gasteiger charge is 2.27. The first-order valence-corrected chi connectivity index (χ1v) is 12.2. The number of nitrogens with zero attached hydrogens (tertiary/aromatic N) is 5. The number of rotatable bonds is 6. The largest absolute Gasteiger partial charge is 0.378 e. The van der Waals surface area contributed by atoms with Crippen LogP contribution >= 0.6 is 0 Å². The SMILES string of the molecule is Cc1ncc(NC(=O)CN2[C@H](C)COC[C@H]2C)cc1NC(=O)c1cnc2[nH]c(-c3cnn(C)c3)cc2c1. The van der Waals surface area contributed by atoms with E-state index in [-0.39, 0.29) is 30.4 Å². The number of fused-ring (bicyclic) bond motifs is 1. The molecule has 2 amide bonds. The van der Waals surface area contributed by atoms with E-state index in [0.717, 1.165) is 16.6 Å². The zero-order valence-corrected chi connectivity index (χ0v) is 21.3. The number of carbonyl (C=O) groups excluding carboxylic acids is 2. The summed E-state index contributed by atoms with van der Waals surface area (Å²) in [5.41, 5.74) is 4.56. The van der Waals surface area contributed by atoms with Gasteiger partial charge in [0, 0.05) is 42.5 Å². The molecule has 0 aliphatic carbocycles. The third-order valence-corrected chi connectivity index (χ3v) is 6.54. The van der Waals surface area contributed by atoms with Gasteiger partial charge in [0.15, 0.2) is 0 Å². The number of aryl methyl sites for hydroxylation is 2. The zero-order chi connectivity index (χ0) is 26.1. The molecule has 0 bridgehead atoms. The summed E-state index contributed by atoms with van der Waals surface area (Å²) < 4.78 is 7.27. The van der Waals surface area contributed by atoms with Crippen molar-refractivity contribution in [1.29, 1.82) is 0 Å². The van der Waals surface area contributed by atoms with Crippen molar-refractivity contribution in [3.8, 4) is 11.3 Å². The summed E-state index contributed by atoms with van der Waals surface area (Å²) in [4.78, 5) is 39.9. The molecule has 192 valence electrons. The Morgan fingerprint density at radius 2 is 1.86 bits per heavy atom. The molecule has 2 atom stereocenters. The van der Waals surface area contributed by atoms with Crippen LogP contribution in [0.15, 0.2) is 43.0 Å². The molecule has 4 aromatic heterocycles. The summed E-state index contributed by atoms with van der Waals surface area (Å²) in [5, 5.41) is 10.8. The summed E-state index contributed by atoms with van der Waals surface area (Å²) in [6.45, 7) is 7.35. The number of aromatic amines is 1. The summed E-state index contributed by atoms with van der Waals surface area (Å²) in [7, 11) is 1.86. The molecule has 1 saturated heterocycles. The highest BCUT2D eigenvalue weighted by molar-refractivity contribution is 6.06. The van der Waals surface area contributed by atoms with Crippen LogP contribution in [0.2, 0.25) is 0 Å². The Morgan fingerprint density at radius 3 is 2.59 bits per heavy atom. The second-order valence-electron chi connectivity index (χ2n) is 9.51. The number of nitrogens with one attached hydrogen (secondary N) is 3. The Balaban J connectivity index is 1.28. The van der Waals surface area contributed by atoms with E-state index in [4.69, 9.17) is 4.74 Å². The molecule has 1 aliphatic rings. The molecule has 0 spiro atoms. The quantitative estimate of drug-likeness (QED) is 0.370. The number of hydrogen-bond donors (Lipinski definition) is 3. The lowest BCUT2D eigenvalue weighted by Crippen LogP contribution is -2.52. The maximum atomic E-state index is 13.1. The van der Waals surface area contributed by atoms with Gasteiger partial charge in [0.2, 0.25) is 5.91 Å². The van der Waals surface area contributed by atoms with Crippen LogP contribution in [0, 0.1) is 6.92 Å². The Labute approximate surface area is 214 Å². The molecule has 0 aromatic carbocycles. The Bertz CT molecular complexity index is 1450. The zero-order valence-electron chi connectivity index (χ0n) is 21.3. The first-order chi connectivity index (χ1) is 17.8. The van der Waals surface area contributed by atoms with E-state index in [1.54, 1.807) is 36.1 Å². The van der Waals surface area contributed by atoms with Crippen molar-refractivity contribution in [2.45, 2.75) is 32.9 Å². The average Bonchev–Trinajstić information content (AvgIpc) is 3.49. The number of H-pyrrole nitrogens is 1. The minimum atomic E-state index is -0.317. The van der Waals surface area contributed by atoms with Crippen LogP contribution in [0.5, 0.6) is 0 Å². The van der Waals surface area contributed by atoms with E-state index in [0.29, 0.717) is 41.5 Å². The number of ether oxygens (including phenoxy) is 1. The van der Waals surface area contributed by atoms with E-state index in [9.17, 15) is 9.59 Å². The maximum absolute atomic E-state index is 13.1. The normalized spacial score (nSPS) is 18.2. The minimum absolute atomic E-state index is 0.143. The van der Waals surface area contributed by atoms with Gasteiger partial charge in [-0.05, 0) is 39.0 Å². The van der Waals surface area contributed by atoms with Crippen molar-refractivity contribution >= 4 is 34.2 Å². The summed E-state index contributed by atoms with van der Waals surface area (Å²) >= 11 is 0. The fourth-order valence-electron chi connectivity index (χ4n) is 4.49. The van der Waals surface area contributed by atoms with Gasteiger partial charge in [-0.15, -0.1) is 0 Å². The summed E-state index contributed by atoms with van der Waals surface area (Å²) in [6, 6.07) is 5.76. The van der Waals surface area contributed by atoms with Gasteiger partial charge in [-0.3, -0.25) is 24.2 Å². The first-order valence-electron chi connectivity index (χ1n) is 12.2. The number of morpholine rings is 1. The van der Waals surface area contributed by atoms with E-state index < -0.39 is 0 Å². The molecule has 0 saturated carbocycles. The van der Waals surface area contributed by atoms with Crippen LogP contribution in [0.25, 0.3) is 22.3 Å². The molecule has 5 rings (SSSR count). The predicted octanol–water partition coefficient (Wildman–Crippen LogP) is 2.97. The van der Waals surface area contributed by atoms with Gasteiger partial charge in [-0.1, -0.05) is 0 Å². The minimum Gasteiger partial charge on any atom is -0.378 e. The second kappa shape index (κ2) is 10.1. The fourth-order valence-corrected chi connectivity index (χ4v) is 4.49. The van der Waals surface area contributed by atoms with E-state index in [1.807, 2.05) is 33.2 Å². The van der Waals surface area contributed by atoms with Crippen molar-refractivity contribution < 1.29 is 14.3 Å². The molecule has 3 N–H and O–H groups in total. The van der Waals surface area contributed by atoms with Crippen LogP contribution in [0.1, 0.15) is 29.9 Å². The molecule has 1 fully saturated rings. The highest BCUT2D eigenvalue weighted by Crippen LogP contribution is 2.24. The lowest BCUT2D eigenvalue weighted by atomic mass is 10.1. The number of hydrogen-bond acceptors (Lipinski definition) is 7. The molecule has 0 radical (unpaired) electrons. The smallest absolute Gasteiger partial charge is 0.257 e. The van der Waals surface area contributed by atoms with Crippen molar-refractivity contribution in [2.24, 2.45) is 7.05 Å². The van der Waals surface area contributed by atoms with Gasteiger partial charge in [-0.25, -0.2) is 4.98 Å². The van der Waals surface area contributed by atoms with Gasteiger partial charge in [0.1, 0.15) is 5.65 Å². The van der Waals surface area contributed by atoms with Crippen molar-refractivity contribution in [2.75, 3.05) is 30.4 Å². The van der Waals surface area contributed by atoms with Gasteiger partial charge in [0.05, 0.1) is 60.5 Å². The topological polar surface area (TPSA) is 130 Å². The monoisotopic (exact) mass is 502 g/mol. The van der Waals surface area contributed by atoms with Crippen LogP contribution < -0.4 is 10.6 Å². The fraction of sp³-hybridized carbons (Fsp3) is 0.346. The number of amides is 2. The average molecular weight is 503 g/mol. The number of pyridine rings is 2. The number of aromatic nitrogens is 5. The summed E-state index contributed by atoms with van der Waals surface area (Å²) in [5.74, 6) is -0.460. The number of carbonyl (C=O) groups is 2. The third-order valence-electron chi connectivity index (χ3n) is 6.54. The van der Waals surface area contributed by atoms with Crippen LogP contribution in [0.3, 0.4) is 0 Å². The maximum Gasteiger partial charge on any atom is 0.257 e. The molecule has 11 heteroatoms. The number of anilines is 2. The molecule has 11 nitrogen and oxygen atoms in total. The highest BCUT2D eigenvalue weighted by atomic mass is 16.5. The third kappa shape index (κ3) is 5.37. The predicted molar refractivity (Wildman–Crippen MR) is 140 cm³/mol. The van der Waals surface area contributed by atoms with Gasteiger partial charge in [0.25, 0.3) is 5.91 Å². The first kappa shape index (κ1) is 24.6. The van der Waals surface area contributed by atoms with Gasteiger partial charge < -0.3 is 20.4 Å². The molecule has 5 heterocycles. The molecule has 4 aromatic rings. The summed E-state index contributed by atoms with van der Waals surface area (Å²) in [6.07, 6.45) is 6.78. The lowest BCUT2D eigenvalue weighted by molar-refractivity contribution is -0.121. The molecular formula is C26H30N8O3. The van der Waals surface area contributed by atoms with E-state index >= 15 is 0 Å². The van der Waals surface area contributed by atoms with Crippen molar-refractivity contribution in [3.63, 3.8) is 0 Å². The van der Waals surface area contributed by atoms with Gasteiger partial charge >= 0.3 is 0 Å². The van der Waals surface area contributed by atoms with Crippen LogP contribution in [-0.4, -0.2) is 73.3 Å². The van der Waals surface area contributed by atoms with Crippen molar-refractivity contribution in [3.05, 3.63) is 54.2 Å². The lowest BCUT2D eigenvalue weighted by Gasteiger charge is -2.38. The van der Waals surface area contributed by atoms with E-state index in [1.165, 1.54) is 6.20 Å². The second-order valence-corrected chi connectivity index (χ2v) is 9.51. The molecule has 0 unspecified atom stereocenters. The Hall–Kier alpha value is -4.09. The van der Waals surface area contributed by atoms with Gasteiger partial charge in [-0.2, -0.15) is 5.10 Å². The van der Waals surface area contributed by atoms with Crippen molar-refractivity contribution in [1.82, 2.24) is 29.6 Å². The van der Waals surface area contributed by atoms with Crippen LogP contribution in [0.4, 0.5) is 11.4 Å². The Morgan fingerprint density at radius 1 is 1.08 bits per heavy atom. The Kier molecular flexibility index (Phi) is 6.72. The molecule has 1 aliphatic heterocycles. The molecule has 37 heavy (non-hydrogen) atoms. The van der Waals surface area contributed by atoms with Crippen LogP contribution in [-0.2, 0) is 16.6 Å². The molecular weight excluding hydrogens is 472 g/mol.